The van der Waals surface area contributed by atoms with Crippen molar-refractivity contribution in [3.63, 3.8) is 0 Å². The van der Waals surface area contributed by atoms with Crippen LogP contribution in [0.25, 0.3) is 0 Å². The normalized spacial score (nSPS) is 19.1. The summed E-state index contributed by atoms with van der Waals surface area (Å²) in [7, 11) is 0. The first-order valence-electron chi connectivity index (χ1n) is 5.64. The van der Waals surface area contributed by atoms with Gasteiger partial charge in [0.25, 0.3) is 0 Å². The number of hydrogen-bond acceptors (Lipinski definition) is 3. The Morgan fingerprint density at radius 1 is 1.53 bits per heavy atom. The van der Waals surface area contributed by atoms with E-state index in [1.807, 2.05) is 0 Å². The van der Waals surface area contributed by atoms with E-state index in [-0.39, 0.29) is 6.04 Å². The molecule has 1 fully saturated rings. The van der Waals surface area contributed by atoms with Gasteiger partial charge in [0.1, 0.15) is 11.2 Å². The van der Waals surface area contributed by atoms with E-state index in [4.69, 9.17) is 9.52 Å². The summed E-state index contributed by atoms with van der Waals surface area (Å²) < 4.78 is 5.16. The Kier molecular flexibility index (Phi) is 2.92. The molecule has 1 aliphatic carbocycles. The minimum Gasteiger partial charge on any atom is -0.480 e. The predicted molar refractivity (Wildman–Crippen MR) is 59.2 cm³/mol. The first-order chi connectivity index (χ1) is 8.06. The fraction of sp³-hybridized carbons (Fsp3) is 0.500. The molecule has 1 atom stereocenters. The van der Waals surface area contributed by atoms with Gasteiger partial charge in [0, 0.05) is 0 Å². The molecule has 1 unspecified atom stereocenters. The molecule has 1 saturated carbocycles. The van der Waals surface area contributed by atoms with Gasteiger partial charge in [-0.05, 0) is 31.9 Å². The van der Waals surface area contributed by atoms with Crippen molar-refractivity contribution in [1.29, 1.82) is 0 Å². The van der Waals surface area contributed by atoms with Gasteiger partial charge in [-0.3, -0.25) is 9.59 Å². The molecule has 0 aliphatic heterocycles. The molecule has 0 saturated heterocycles. The van der Waals surface area contributed by atoms with Crippen molar-refractivity contribution in [2.45, 2.75) is 32.2 Å². The minimum atomic E-state index is -1.22. The average Bonchev–Trinajstić information content (AvgIpc) is 2.66. The van der Waals surface area contributed by atoms with Gasteiger partial charge in [0.05, 0.1) is 12.3 Å². The summed E-state index contributed by atoms with van der Waals surface area (Å²) in [5.74, 6) is -0.828. The van der Waals surface area contributed by atoms with Gasteiger partial charge in [-0.2, -0.15) is 0 Å². The van der Waals surface area contributed by atoms with E-state index in [1.54, 1.807) is 19.1 Å². The Morgan fingerprint density at radius 2 is 2.24 bits per heavy atom. The van der Waals surface area contributed by atoms with Gasteiger partial charge in [-0.15, -0.1) is 0 Å². The van der Waals surface area contributed by atoms with Gasteiger partial charge in [-0.25, -0.2) is 0 Å². The van der Waals surface area contributed by atoms with Crippen LogP contribution in [0.5, 0.6) is 0 Å². The zero-order valence-electron chi connectivity index (χ0n) is 9.60. The van der Waals surface area contributed by atoms with Crippen LogP contribution in [0.15, 0.2) is 22.8 Å². The van der Waals surface area contributed by atoms with Crippen LogP contribution in [0, 0.1) is 5.41 Å². The largest absolute Gasteiger partial charge is 0.480 e. The van der Waals surface area contributed by atoms with E-state index in [1.165, 1.54) is 6.26 Å². The molecule has 1 heterocycles. The smallest absolute Gasteiger partial charge is 0.319 e. The lowest BCUT2D eigenvalue weighted by Crippen LogP contribution is -2.51. The third-order valence-corrected chi connectivity index (χ3v) is 3.37. The molecule has 0 spiro atoms. The second-order valence-electron chi connectivity index (χ2n) is 4.45. The van der Waals surface area contributed by atoms with Crippen LogP contribution in [-0.2, 0) is 9.59 Å². The van der Waals surface area contributed by atoms with Gasteiger partial charge in [0.15, 0.2) is 0 Å². The number of nitrogens with one attached hydrogen (secondary N) is 1. The SMILES string of the molecule is CC(NC(=O)C1(C(=O)O)CCC1)c1ccco1. The topological polar surface area (TPSA) is 79.5 Å². The van der Waals surface area contributed by atoms with Crippen molar-refractivity contribution in [2.75, 3.05) is 0 Å². The number of carbonyl (C=O) groups excluding carboxylic acids is 1. The Labute approximate surface area is 98.8 Å². The van der Waals surface area contributed by atoms with Crippen LogP contribution >= 0.6 is 0 Å². The summed E-state index contributed by atoms with van der Waals surface area (Å²) in [4.78, 5) is 23.1. The Bertz CT molecular complexity index is 420. The maximum Gasteiger partial charge on any atom is 0.319 e. The number of carboxylic acid groups (broad SMARTS) is 1. The molecule has 1 aromatic rings. The van der Waals surface area contributed by atoms with Gasteiger partial charge < -0.3 is 14.8 Å². The highest BCUT2D eigenvalue weighted by Gasteiger charge is 2.51. The molecule has 17 heavy (non-hydrogen) atoms. The lowest BCUT2D eigenvalue weighted by atomic mass is 9.68. The van der Waals surface area contributed by atoms with Gasteiger partial charge >= 0.3 is 5.97 Å². The van der Waals surface area contributed by atoms with Crippen molar-refractivity contribution in [2.24, 2.45) is 5.41 Å². The first-order valence-corrected chi connectivity index (χ1v) is 5.64. The van der Waals surface area contributed by atoms with Crippen LogP contribution in [0.1, 0.15) is 38.0 Å². The summed E-state index contributed by atoms with van der Waals surface area (Å²) in [5.41, 5.74) is -1.22. The van der Waals surface area contributed by atoms with Gasteiger partial charge in [-0.1, -0.05) is 6.42 Å². The van der Waals surface area contributed by atoms with Crippen LogP contribution in [0.3, 0.4) is 0 Å². The zero-order valence-corrected chi connectivity index (χ0v) is 9.60. The molecular formula is C12H15NO4. The van der Waals surface area contributed by atoms with E-state index < -0.39 is 17.3 Å². The fourth-order valence-electron chi connectivity index (χ4n) is 2.01. The summed E-state index contributed by atoms with van der Waals surface area (Å²) in [6.45, 7) is 1.77. The molecule has 5 heteroatoms. The van der Waals surface area contributed by atoms with Crippen LogP contribution in [0.4, 0.5) is 0 Å². The third-order valence-electron chi connectivity index (χ3n) is 3.37. The van der Waals surface area contributed by atoms with Crippen molar-refractivity contribution in [3.8, 4) is 0 Å². The molecule has 0 aromatic carbocycles. The number of carboxylic acids is 1. The quantitative estimate of drug-likeness (QED) is 0.781. The second kappa shape index (κ2) is 4.24. The minimum absolute atomic E-state index is 0.311. The number of aliphatic carboxylic acids is 1. The number of hydrogen-bond donors (Lipinski definition) is 2. The molecule has 0 bridgehead atoms. The highest BCUT2D eigenvalue weighted by Crippen LogP contribution is 2.41. The van der Waals surface area contributed by atoms with E-state index in [0.29, 0.717) is 18.6 Å². The highest BCUT2D eigenvalue weighted by atomic mass is 16.4. The fourth-order valence-corrected chi connectivity index (χ4v) is 2.01. The second-order valence-corrected chi connectivity index (χ2v) is 4.45. The molecule has 0 radical (unpaired) electrons. The molecule has 1 aromatic heterocycles. The summed E-state index contributed by atoms with van der Waals surface area (Å²) in [6, 6.07) is 3.17. The molecule has 5 nitrogen and oxygen atoms in total. The average molecular weight is 237 g/mol. The summed E-state index contributed by atoms with van der Waals surface area (Å²) in [6.07, 6.45) is 3.14. The molecular weight excluding hydrogens is 222 g/mol. The van der Waals surface area contributed by atoms with Crippen LogP contribution < -0.4 is 5.32 Å². The number of amides is 1. The molecule has 2 rings (SSSR count). The standard InChI is InChI=1S/C12H15NO4/c1-8(9-4-2-7-17-9)13-10(14)12(11(15)16)5-3-6-12/h2,4,7-8H,3,5-6H2,1H3,(H,13,14)(H,15,16). The maximum absolute atomic E-state index is 12.0. The summed E-state index contributed by atoms with van der Waals surface area (Å²) >= 11 is 0. The molecule has 92 valence electrons. The summed E-state index contributed by atoms with van der Waals surface area (Å²) in [5, 5.41) is 11.8. The Balaban J connectivity index is 2.04. The predicted octanol–water partition coefficient (Wildman–Crippen LogP) is 1.71. The van der Waals surface area contributed by atoms with Crippen molar-refractivity contribution >= 4 is 11.9 Å². The van der Waals surface area contributed by atoms with Crippen molar-refractivity contribution in [1.82, 2.24) is 5.32 Å². The number of furan rings is 1. The van der Waals surface area contributed by atoms with Crippen molar-refractivity contribution in [3.05, 3.63) is 24.2 Å². The van der Waals surface area contributed by atoms with Crippen molar-refractivity contribution < 1.29 is 19.1 Å². The molecule has 2 N–H and O–H groups in total. The van der Waals surface area contributed by atoms with E-state index in [2.05, 4.69) is 5.32 Å². The van der Waals surface area contributed by atoms with E-state index in [9.17, 15) is 9.59 Å². The highest BCUT2D eigenvalue weighted by molar-refractivity contribution is 6.02. The third kappa shape index (κ3) is 1.92. The van der Waals surface area contributed by atoms with Crippen LogP contribution in [-0.4, -0.2) is 17.0 Å². The molecule has 1 aliphatic rings. The number of carbonyl (C=O) groups is 2. The van der Waals surface area contributed by atoms with Crippen LogP contribution in [0.2, 0.25) is 0 Å². The number of rotatable bonds is 4. The van der Waals surface area contributed by atoms with Gasteiger partial charge in [0.2, 0.25) is 5.91 Å². The lowest BCUT2D eigenvalue weighted by Gasteiger charge is -2.36. The zero-order chi connectivity index (χ0) is 12.5. The first kappa shape index (κ1) is 11.7. The van der Waals surface area contributed by atoms with E-state index in [0.717, 1.165) is 6.42 Å². The lowest BCUT2D eigenvalue weighted by molar-refractivity contribution is -0.162. The Morgan fingerprint density at radius 3 is 2.65 bits per heavy atom. The molecule has 1 amide bonds. The van der Waals surface area contributed by atoms with E-state index >= 15 is 0 Å². The maximum atomic E-state index is 12.0. The Hall–Kier alpha value is -1.78. The monoisotopic (exact) mass is 237 g/mol.